The number of alkyl halides is 1. The number of hydrogen-bond acceptors (Lipinski definition) is 8. The third-order valence-corrected chi connectivity index (χ3v) is 5.97. The highest BCUT2D eigenvalue weighted by molar-refractivity contribution is 14.1. The fourth-order valence-electron chi connectivity index (χ4n) is 3.08. The maximum Gasteiger partial charge on any atom is 0.314 e. The van der Waals surface area contributed by atoms with Crippen molar-refractivity contribution in [1.82, 2.24) is 30.5 Å². The molecule has 0 bridgehead atoms. The molecule has 1 unspecified atom stereocenters. The van der Waals surface area contributed by atoms with E-state index in [1.807, 2.05) is 0 Å². The van der Waals surface area contributed by atoms with Crippen molar-refractivity contribution >= 4 is 58.0 Å². The second kappa shape index (κ2) is 12.7. The summed E-state index contributed by atoms with van der Waals surface area (Å²) in [4.78, 5) is 63.2. The lowest BCUT2D eigenvalue weighted by atomic mass is 10.1. The molecule has 3 rings (SSSR count). The summed E-state index contributed by atoms with van der Waals surface area (Å²) in [6, 6.07) is 8.85. The Morgan fingerprint density at radius 2 is 1.59 bits per heavy atom. The summed E-state index contributed by atoms with van der Waals surface area (Å²) in [5.41, 5.74) is 8.26. The monoisotopic (exact) mass is 616 g/mol. The predicted octanol–water partition coefficient (Wildman–Crippen LogP) is 0.997. The van der Waals surface area contributed by atoms with Crippen LogP contribution in [0.1, 0.15) is 15.9 Å². The van der Waals surface area contributed by atoms with Crippen LogP contribution >= 0.6 is 22.6 Å². The van der Waals surface area contributed by atoms with Crippen molar-refractivity contribution in [2.45, 2.75) is 10.5 Å². The molecule has 5 N–H and O–H groups in total. The Labute approximate surface area is 226 Å². The molecule has 37 heavy (non-hydrogen) atoms. The van der Waals surface area contributed by atoms with Gasteiger partial charge >= 0.3 is 11.8 Å². The van der Waals surface area contributed by atoms with E-state index in [-0.39, 0.29) is 18.3 Å². The number of amides is 4. The molecule has 1 atom stereocenters. The lowest BCUT2D eigenvalue weighted by molar-refractivity contribution is -0.136. The number of nitrogens with one attached hydrogen (secondary N) is 3. The molecule has 2 heterocycles. The van der Waals surface area contributed by atoms with Gasteiger partial charge in [-0.3, -0.25) is 19.2 Å². The first-order chi connectivity index (χ1) is 17.7. The number of carbonyl (C=O) groups excluding carboxylic acids is 4. The van der Waals surface area contributed by atoms with Gasteiger partial charge in [-0.1, -0.05) is 40.8 Å². The van der Waals surface area contributed by atoms with Crippen LogP contribution < -0.4 is 21.7 Å². The first kappa shape index (κ1) is 27.4. The predicted molar refractivity (Wildman–Crippen MR) is 145 cm³/mol. The van der Waals surface area contributed by atoms with Gasteiger partial charge in [0.25, 0.3) is 5.91 Å². The lowest BCUT2D eigenvalue weighted by Crippen LogP contribution is -2.53. The van der Waals surface area contributed by atoms with E-state index >= 15 is 0 Å². The second-order valence-electron chi connectivity index (χ2n) is 8.02. The first-order valence-electron chi connectivity index (χ1n) is 11.0. The summed E-state index contributed by atoms with van der Waals surface area (Å²) >= 11 is 2.18. The zero-order chi connectivity index (χ0) is 26.9. The molecular formula is C24H25IN8O4. The van der Waals surface area contributed by atoms with Crippen molar-refractivity contribution in [3.05, 3.63) is 66.1 Å². The maximum atomic E-state index is 12.8. The molecule has 12 nitrogen and oxygen atoms in total. The van der Waals surface area contributed by atoms with E-state index in [0.29, 0.717) is 5.56 Å². The summed E-state index contributed by atoms with van der Waals surface area (Å²) in [6.45, 7) is -0.295. The Morgan fingerprint density at radius 1 is 0.919 bits per heavy atom. The number of pyridine rings is 1. The van der Waals surface area contributed by atoms with Crippen LogP contribution in [0.4, 0.5) is 11.8 Å². The number of carbonyl (C=O) groups is 4. The average Bonchev–Trinajstić information content (AvgIpc) is 2.91. The van der Waals surface area contributed by atoms with Crippen molar-refractivity contribution in [2.75, 3.05) is 31.7 Å². The number of aromatic nitrogens is 3. The third kappa shape index (κ3) is 7.67. The Kier molecular flexibility index (Phi) is 9.43. The van der Waals surface area contributed by atoms with E-state index in [1.54, 1.807) is 55.0 Å². The smallest absolute Gasteiger partial charge is 0.314 e. The van der Waals surface area contributed by atoms with Gasteiger partial charge in [-0.2, -0.15) is 0 Å². The Balaban J connectivity index is 1.62. The molecule has 4 amide bonds. The van der Waals surface area contributed by atoms with Crippen LogP contribution in [0.25, 0.3) is 11.1 Å². The van der Waals surface area contributed by atoms with E-state index in [9.17, 15) is 19.2 Å². The fourth-order valence-corrected chi connectivity index (χ4v) is 3.53. The highest BCUT2D eigenvalue weighted by atomic mass is 127. The van der Waals surface area contributed by atoms with Gasteiger partial charge < -0.3 is 26.6 Å². The molecule has 192 valence electrons. The number of nitrogen functional groups attached to an aromatic ring is 1. The van der Waals surface area contributed by atoms with E-state index in [1.165, 1.54) is 19.0 Å². The topological polar surface area (TPSA) is 172 Å². The summed E-state index contributed by atoms with van der Waals surface area (Å²) in [6.07, 6.45) is 4.73. The fraction of sp³-hybridized carbons (Fsp3) is 0.208. The molecule has 2 aromatic heterocycles. The van der Waals surface area contributed by atoms with Crippen LogP contribution in [-0.2, 0) is 18.8 Å². The van der Waals surface area contributed by atoms with Gasteiger partial charge in [0.15, 0.2) is 0 Å². The number of hydrogen-bond donors (Lipinski definition) is 4. The van der Waals surface area contributed by atoms with Crippen molar-refractivity contribution in [2.24, 2.45) is 0 Å². The molecule has 0 aliphatic heterocycles. The Hall–Kier alpha value is -4.14. The Morgan fingerprint density at radius 3 is 2.16 bits per heavy atom. The molecule has 0 aliphatic rings. The van der Waals surface area contributed by atoms with Gasteiger partial charge in [0, 0.05) is 54.8 Å². The van der Waals surface area contributed by atoms with Crippen LogP contribution in [0.5, 0.6) is 0 Å². The summed E-state index contributed by atoms with van der Waals surface area (Å²) in [7, 11) is 3.04. The number of nitrogens with zero attached hydrogens (tertiary/aromatic N) is 4. The summed E-state index contributed by atoms with van der Waals surface area (Å²) in [5, 5.41) is 7.39. The van der Waals surface area contributed by atoms with E-state index in [0.717, 1.165) is 21.1 Å². The summed E-state index contributed by atoms with van der Waals surface area (Å²) < 4.78 is 0.758. The molecule has 0 saturated carbocycles. The zero-order valence-corrected chi connectivity index (χ0v) is 22.2. The average molecular weight is 616 g/mol. The molecule has 0 saturated heterocycles. The number of likely N-dealkylation sites (N-methyl/N-ethyl adjacent to an activating group) is 1. The van der Waals surface area contributed by atoms with Gasteiger partial charge in [0.1, 0.15) is 11.9 Å². The second-order valence-corrected chi connectivity index (χ2v) is 8.78. The van der Waals surface area contributed by atoms with Crippen molar-refractivity contribution in [3.63, 3.8) is 0 Å². The highest BCUT2D eigenvalue weighted by Gasteiger charge is 2.25. The molecule has 0 radical (unpaired) electrons. The molecule has 3 aromatic rings. The van der Waals surface area contributed by atoms with Crippen LogP contribution in [0.2, 0.25) is 0 Å². The van der Waals surface area contributed by atoms with E-state index in [4.69, 9.17) is 5.73 Å². The number of benzene rings is 1. The number of rotatable bonds is 8. The van der Waals surface area contributed by atoms with Gasteiger partial charge in [-0.05, 0) is 29.3 Å². The minimum atomic E-state index is -1.11. The quantitative estimate of drug-likeness (QED) is 0.165. The Bertz CT molecular complexity index is 1270. The number of anilines is 2. The largest absolute Gasteiger partial charge is 0.368 e. The third-order valence-electron chi connectivity index (χ3n) is 5.09. The van der Waals surface area contributed by atoms with E-state index < -0.39 is 29.7 Å². The maximum absolute atomic E-state index is 12.8. The minimum Gasteiger partial charge on any atom is -0.368 e. The molecular weight excluding hydrogens is 591 g/mol. The SMILES string of the molecule is CN(C)C(=O)C(CNC(=O)C(=O)Nc1ccc(CI)cn1)NC(=O)c1ccc(-c2cnc(N)nc2)cc1. The zero-order valence-electron chi connectivity index (χ0n) is 20.1. The minimum absolute atomic E-state index is 0.156. The standard InChI is InChI=1S/C24H25IN8O4/c1-33(2)23(37)18(13-28-21(35)22(36)32-19-8-3-14(9-25)10-27-19)31-20(34)16-6-4-15(5-7-16)17-11-29-24(26)30-12-17/h3-8,10-12,18H,9,13H2,1-2H3,(H,28,35)(H,31,34)(H2,26,29,30)(H,27,32,36). The van der Waals surface area contributed by atoms with Gasteiger partial charge in [0.2, 0.25) is 11.9 Å². The molecule has 0 spiro atoms. The molecule has 0 fully saturated rings. The molecule has 0 aliphatic carbocycles. The number of nitrogens with two attached hydrogens (primary N) is 1. The normalized spacial score (nSPS) is 11.2. The highest BCUT2D eigenvalue weighted by Crippen LogP contribution is 2.18. The van der Waals surface area contributed by atoms with Crippen LogP contribution in [0, 0.1) is 0 Å². The first-order valence-corrected chi connectivity index (χ1v) is 12.5. The van der Waals surface area contributed by atoms with Crippen LogP contribution in [0.3, 0.4) is 0 Å². The van der Waals surface area contributed by atoms with Crippen LogP contribution in [0.15, 0.2) is 55.0 Å². The lowest BCUT2D eigenvalue weighted by Gasteiger charge is -2.22. The van der Waals surface area contributed by atoms with Gasteiger partial charge in [-0.15, -0.1) is 0 Å². The van der Waals surface area contributed by atoms with E-state index in [2.05, 4.69) is 53.5 Å². The van der Waals surface area contributed by atoms with Crippen LogP contribution in [-0.4, -0.2) is 70.2 Å². The van der Waals surface area contributed by atoms with Crippen molar-refractivity contribution in [3.8, 4) is 11.1 Å². The van der Waals surface area contributed by atoms with Crippen molar-refractivity contribution in [1.29, 1.82) is 0 Å². The number of halogens is 1. The van der Waals surface area contributed by atoms with Gasteiger partial charge in [-0.25, -0.2) is 15.0 Å². The van der Waals surface area contributed by atoms with Gasteiger partial charge in [0.05, 0.1) is 0 Å². The summed E-state index contributed by atoms with van der Waals surface area (Å²) in [5.74, 6) is -2.53. The molecule has 1 aromatic carbocycles. The van der Waals surface area contributed by atoms with Crippen molar-refractivity contribution < 1.29 is 19.2 Å². The molecule has 13 heteroatoms.